The third-order valence-electron chi connectivity index (χ3n) is 6.09. The normalized spacial score (nSPS) is 17.0. The molecule has 0 aliphatic carbocycles. The van der Waals surface area contributed by atoms with Crippen LogP contribution in [0.1, 0.15) is 33.3 Å². The fourth-order valence-electron chi connectivity index (χ4n) is 4.28. The maximum atomic E-state index is 11.8. The maximum Gasteiger partial charge on any atom is 0.337 e. The molecule has 1 aliphatic heterocycles. The first-order valence-corrected chi connectivity index (χ1v) is 11.2. The van der Waals surface area contributed by atoms with Crippen LogP contribution < -0.4 is 9.47 Å². The summed E-state index contributed by atoms with van der Waals surface area (Å²) in [6.45, 7) is 0.710. The van der Waals surface area contributed by atoms with Crippen molar-refractivity contribution < 1.29 is 24.1 Å². The van der Waals surface area contributed by atoms with E-state index in [4.69, 9.17) is 14.2 Å². The molecule has 0 unspecified atom stereocenters. The monoisotopic (exact) mass is 455 g/mol. The first kappa shape index (κ1) is 21.9. The molecule has 6 nitrogen and oxygen atoms in total. The van der Waals surface area contributed by atoms with Crippen LogP contribution in [0, 0.1) is 5.92 Å². The number of aliphatic hydroxyl groups excluding tert-OH is 1. The molecule has 4 aromatic rings. The summed E-state index contributed by atoms with van der Waals surface area (Å²) in [6, 6.07) is 24.7. The quantitative estimate of drug-likeness (QED) is 0.418. The second kappa shape index (κ2) is 9.53. The lowest BCUT2D eigenvalue weighted by Crippen LogP contribution is -2.27. The Morgan fingerprint density at radius 3 is 2.82 bits per heavy atom. The Hall–Kier alpha value is -3.90. The van der Waals surface area contributed by atoms with E-state index in [0.29, 0.717) is 42.3 Å². The topological polar surface area (TPSA) is 77.9 Å². The molecule has 0 fully saturated rings. The van der Waals surface area contributed by atoms with Gasteiger partial charge < -0.3 is 19.3 Å². The number of pyridine rings is 1. The zero-order valence-corrected chi connectivity index (χ0v) is 18.8. The number of hydrogen-bond donors (Lipinski definition) is 1. The van der Waals surface area contributed by atoms with Gasteiger partial charge in [-0.3, -0.25) is 0 Å². The highest BCUT2D eigenvalue weighted by Crippen LogP contribution is 2.39. The van der Waals surface area contributed by atoms with Gasteiger partial charge in [0.25, 0.3) is 0 Å². The van der Waals surface area contributed by atoms with Gasteiger partial charge in [-0.25, -0.2) is 9.78 Å². The highest BCUT2D eigenvalue weighted by atomic mass is 16.5. The van der Waals surface area contributed by atoms with Crippen molar-refractivity contribution in [3.05, 3.63) is 101 Å². The molecule has 6 heteroatoms. The minimum absolute atomic E-state index is 0.155. The lowest BCUT2D eigenvalue weighted by Gasteiger charge is -2.30. The number of fused-ring (bicyclic) bond motifs is 2. The number of para-hydroxylation sites is 1. The van der Waals surface area contributed by atoms with Crippen LogP contribution in [0.2, 0.25) is 0 Å². The minimum atomic E-state index is -0.715. The molecular weight excluding hydrogens is 430 g/mol. The van der Waals surface area contributed by atoms with Crippen molar-refractivity contribution in [2.24, 2.45) is 5.92 Å². The number of ether oxygens (including phenoxy) is 3. The van der Waals surface area contributed by atoms with Gasteiger partial charge in [-0.2, -0.15) is 0 Å². The third-order valence-corrected chi connectivity index (χ3v) is 6.09. The Morgan fingerprint density at radius 2 is 1.94 bits per heavy atom. The van der Waals surface area contributed by atoms with Gasteiger partial charge >= 0.3 is 5.97 Å². The van der Waals surface area contributed by atoms with Crippen LogP contribution in [0.5, 0.6) is 11.5 Å². The SMILES string of the molecule is COC(=O)c1cccc(C[C@H]2COc3ccc(OCc4ccc5ccccc5n4)cc3[C@H]2O)c1. The summed E-state index contributed by atoms with van der Waals surface area (Å²) in [5.74, 6) is 0.765. The molecule has 0 spiro atoms. The lowest BCUT2D eigenvalue weighted by molar-refractivity contribution is 0.0504. The number of carbonyl (C=O) groups is 1. The van der Waals surface area contributed by atoms with E-state index in [1.807, 2.05) is 66.7 Å². The van der Waals surface area contributed by atoms with Crippen molar-refractivity contribution in [2.45, 2.75) is 19.1 Å². The fraction of sp³-hybridized carbons (Fsp3) is 0.214. The molecule has 0 radical (unpaired) electrons. The molecule has 2 atom stereocenters. The smallest absolute Gasteiger partial charge is 0.337 e. The molecule has 0 bridgehead atoms. The maximum absolute atomic E-state index is 11.8. The van der Waals surface area contributed by atoms with E-state index < -0.39 is 6.10 Å². The van der Waals surface area contributed by atoms with Gasteiger partial charge in [-0.15, -0.1) is 0 Å². The van der Waals surface area contributed by atoms with E-state index in [0.717, 1.165) is 22.2 Å². The predicted molar refractivity (Wildman–Crippen MR) is 128 cm³/mol. The van der Waals surface area contributed by atoms with E-state index in [9.17, 15) is 9.90 Å². The second-order valence-corrected chi connectivity index (χ2v) is 8.40. The number of nitrogens with zero attached hydrogens (tertiary/aromatic N) is 1. The van der Waals surface area contributed by atoms with Crippen LogP contribution in [0.3, 0.4) is 0 Å². The van der Waals surface area contributed by atoms with Gasteiger partial charge in [0, 0.05) is 16.9 Å². The lowest BCUT2D eigenvalue weighted by atomic mass is 9.88. The van der Waals surface area contributed by atoms with Crippen molar-refractivity contribution in [1.29, 1.82) is 0 Å². The van der Waals surface area contributed by atoms with Crippen molar-refractivity contribution in [2.75, 3.05) is 13.7 Å². The Bertz CT molecular complexity index is 1340. The largest absolute Gasteiger partial charge is 0.493 e. The van der Waals surface area contributed by atoms with Gasteiger partial charge in [-0.1, -0.05) is 36.4 Å². The van der Waals surface area contributed by atoms with Gasteiger partial charge in [0.2, 0.25) is 0 Å². The number of aliphatic hydroxyl groups is 1. The molecule has 3 aromatic carbocycles. The molecule has 5 rings (SSSR count). The number of rotatable bonds is 6. The van der Waals surface area contributed by atoms with E-state index in [1.165, 1.54) is 7.11 Å². The van der Waals surface area contributed by atoms with Crippen LogP contribution in [0.15, 0.2) is 78.9 Å². The molecule has 34 heavy (non-hydrogen) atoms. The van der Waals surface area contributed by atoms with E-state index in [2.05, 4.69) is 4.98 Å². The standard InChI is InChI=1S/C28H25NO5/c1-32-28(31)20-7-4-5-18(13-20)14-21-16-34-26-12-11-23(15-24(26)27(21)30)33-17-22-10-9-19-6-2-3-8-25(19)29-22/h2-13,15,21,27,30H,14,16-17H2,1H3/t21-,27-/m0/s1. The summed E-state index contributed by atoms with van der Waals surface area (Å²) in [5, 5.41) is 12.2. The molecule has 0 amide bonds. The molecule has 1 aromatic heterocycles. The Balaban J connectivity index is 1.29. The van der Waals surface area contributed by atoms with E-state index >= 15 is 0 Å². The third kappa shape index (κ3) is 4.58. The van der Waals surface area contributed by atoms with Crippen LogP contribution in [0.25, 0.3) is 10.9 Å². The predicted octanol–water partition coefficient (Wildman–Crippen LogP) is 4.89. The molecular formula is C28H25NO5. The number of esters is 1. The van der Waals surface area contributed by atoms with Crippen LogP contribution in [-0.2, 0) is 17.8 Å². The Kier molecular flexibility index (Phi) is 6.14. The van der Waals surface area contributed by atoms with Gasteiger partial charge in [0.15, 0.2) is 0 Å². The number of benzene rings is 3. The van der Waals surface area contributed by atoms with Crippen molar-refractivity contribution in [3.8, 4) is 11.5 Å². The van der Waals surface area contributed by atoms with Crippen LogP contribution in [0.4, 0.5) is 0 Å². The molecule has 1 N–H and O–H groups in total. The first-order chi connectivity index (χ1) is 16.6. The van der Waals surface area contributed by atoms with Crippen molar-refractivity contribution in [3.63, 3.8) is 0 Å². The first-order valence-electron chi connectivity index (χ1n) is 11.2. The Morgan fingerprint density at radius 1 is 1.06 bits per heavy atom. The summed E-state index contributed by atoms with van der Waals surface area (Å²) in [6.07, 6.45) is -0.148. The Labute approximate surface area is 197 Å². The van der Waals surface area contributed by atoms with Crippen molar-refractivity contribution >= 4 is 16.9 Å². The molecule has 1 aliphatic rings. The zero-order chi connectivity index (χ0) is 23.5. The van der Waals surface area contributed by atoms with Gasteiger partial charge in [0.05, 0.1) is 36.6 Å². The van der Waals surface area contributed by atoms with E-state index in [1.54, 1.807) is 12.1 Å². The van der Waals surface area contributed by atoms with Gasteiger partial charge in [0.1, 0.15) is 18.1 Å². The average molecular weight is 456 g/mol. The summed E-state index contributed by atoms with van der Waals surface area (Å²) in [4.78, 5) is 16.5. The molecule has 0 saturated heterocycles. The number of methoxy groups -OCH3 is 1. The summed E-state index contributed by atoms with van der Waals surface area (Å²) in [5.41, 5.74) is 3.89. The zero-order valence-electron chi connectivity index (χ0n) is 18.8. The molecule has 2 heterocycles. The number of hydrogen-bond acceptors (Lipinski definition) is 6. The van der Waals surface area contributed by atoms with Gasteiger partial charge in [-0.05, 0) is 54.4 Å². The highest BCUT2D eigenvalue weighted by Gasteiger charge is 2.30. The average Bonchev–Trinajstić information content (AvgIpc) is 2.89. The summed E-state index contributed by atoms with van der Waals surface area (Å²) < 4.78 is 16.7. The summed E-state index contributed by atoms with van der Waals surface area (Å²) >= 11 is 0. The highest BCUT2D eigenvalue weighted by molar-refractivity contribution is 5.89. The number of carbonyl (C=O) groups excluding carboxylic acids is 1. The van der Waals surface area contributed by atoms with E-state index in [-0.39, 0.29) is 11.9 Å². The minimum Gasteiger partial charge on any atom is -0.493 e. The fourth-order valence-corrected chi connectivity index (χ4v) is 4.28. The molecule has 0 saturated carbocycles. The van der Waals surface area contributed by atoms with Crippen LogP contribution >= 0.6 is 0 Å². The second-order valence-electron chi connectivity index (χ2n) is 8.40. The van der Waals surface area contributed by atoms with Crippen molar-refractivity contribution in [1.82, 2.24) is 4.98 Å². The van der Waals surface area contributed by atoms with Crippen LogP contribution in [-0.4, -0.2) is 29.8 Å². The number of aromatic nitrogens is 1. The molecule has 172 valence electrons. The summed E-state index contributed by atoms with van der Waals surface area (Å²) in [7, 11) is 1.36.